The molecule has 1 aliphatic rings. The largest absolute Gasteiger partial charge is 0.348 e. The number of hydrogen-bond donors (Lipinski definition) is 4. The van der Waals surface area contributed by atoms with Crippen molar-refractivity contribution in [1.29, 1.82) is 0 Å². The van der Waals surface area contributed by atoms with Crippen molar-refractivity contribution in [3.8, 4) is 11.1 Å². The maximum Gasteiger partial charge on any atom is 0.323 e. The van der Waals surface area contributed by atoms with E-state index in [4.69, 9.17) is 0 Å². The molecule has 4 N–H and O–H groups in total. The van der Waals surface area contributed by atoms with Crippen LogP contribution >= 0.6 is 0 Å². The van der Waals surface area contributed by atoms with Crippen molar-refractivity contribution in [2.24, 2.45) is 0 Å². The fourth-order valence-electron chi connectivity index (χ4n) is 4.16. The van der Waals surface area contributed by atoms with Gasteiger partial charge < -0.3 is 21.3 Å². The summed E-state index contributed by atoms with van der Waals surface area (Å²) in [4.78, 5) is 41.5. The number of nitrogens with zero attached hydrogens (tertiary/aromatic N) is 1. The topological polar surface area (TPSA) is 112 Å². The Bertz CT molecular complexity index is 1470. The van der Waals surface area contributed by atoms with E-state index in [0.29, 0.717) is 34.7 Å². The second-order valence-electron chi connectivity index (χ2n) is 8.42. The molecule has 1 aromatic heterocycles. The van der Waals surface area contributed by atoms with Crippen molar-refractivity contribution in [2.45, 2.75) is 13.5 Å². The number of rotatable bonds is 5. The van der Waals surface area contributed by atoms with Crippen LogP contribution in [0.3, 0.4) is 0 Å². The highest BCUT2D eigenvalue weighted by Gasteiger charge is 2.27. The van der Waals surface area contributed by atoms with Gasteiger partial charge in [-0.1, -0.05) is 30.3 Å². The number of urea groups is 1. The number of aromatic nitrogens is 1. The van der Waals surface area contributed by atoms with Gasteiger partial charge in [0.05, 0.1) is 16.8 Å². The van der Waals surface area contributed by atoms with Gasteiger partial charge in [-0.25, -0.2) is 4.79 Å². The molecule has 0 radical (unpaired) electrons. The number of amides is 4. The summed E-state index contributed by atoms with van der Waals surface area (Å²) in [6.07, 6.45) is 3.06. The summed E-state index contributed by atoms with van der Waals surface area (Å²) >= 11 is 0. The molecule has 1 aliphatic heterocycles. The first-order chi connectivity index (χ1) is 17.5. The molecule has 178 valence electrons. The third-order valence-electron chi connectivity index (χ3n) is 5.87. The van der Waals surface area contributed by atoms with Crippen molar-refractivity contribution < 1.29 is 14.4 Å². The number of carbonyl (C=O) groups excluding carboxylic acids is 3. The zero-order valence-corrected chi connectivity index (χ0v) is 19.5. The Morgan fingerprint density at radius 2 is 1.69 bits per heavy atom. The zero-order chi connectivity index (χ0) is 25.1. The van der Waals surface area contributed by atoms with Gasteiger partial charge in [-0.2, -0.15) is 0 Å². The van der Waals surface area contributed by atoms with E-state index in [0.717, 1.165) is 22.3 Å². The summed E-state index contributed by atoms with van der Waals surface area (Å²) < 4.78 is 0. The molecule has 5 rings (SSSR count). The molecule has 2 heterocycles. The minimum atomic E-state index is -0.336. The van der Waals surface area contributed by atoms with Crippen LogP contribution in [0.4, 0.5) is 21.9 Å². The van der Waals surface area contributed by atoms with Crippen molar-refractivity contribution in [1.82, 2.24) is 10.3 Å². The minimum absolute atomic E-state index is 0.237. The van der Waals surface area contributed by atoms with Gasteiger partial charge >= 0.3 is 6.03 Å². The van der Waals surface area contributed by atoms with Crippen LogP contribution in [0.1, 0.15) is 31.8 Å². The highest BCUT2D eigenvalue weighted by Crippen LogP contribution is 2.34. The molecule has 4 aromatic rings. The SMILES string of the molecule is Cc1cccc(NC(=O)Nc2ccc(-c3ccc(NC(=O)c4cccnc4)c4c3CNC4=O)cc2)c1. The Morgan fingerprint density at radius 1 is 0.889 bits per heavy atom. The molecule has 0 bridgehead atoms. The smallest absolute Gasteiger partial charge is 0.323 e. The molecule has 3 aromatic carbocycles. The molecular formula is C28H23N5O3. The molecule has 0 atom stereocenters. The summed E-state index contributed by atoms with van der Waals surface area (Å²) in [6, 6.07) is 21.6. The third kappa shape index (κ3) is 4.78. The molecule has 8 nitrogen and oxygen atoms in total. The Kier molecular flexibility index (Phi) is 6.15. The van der Waals surface area contributed by atoms with Crippen LogP contribution in [-0.2, 0) is 6.54 Å². The number of pyridine rings is 1. The highest BCUT2D eigenvalue weighted by molar-refractivity contribution is 6.11. The van der Waals surface area contributed by atoms with E-state index in [9.17, 15) is 14.4 Å². The lowest BCUT2D eigenvalue weighted by molar-refractivity contribution is 0.0966. The standard InChI is InChI=1S/C28H23N5O3/c1-17-4-2-6-21(14-17)32-28(36)31-20-9-7-18(8-10-20)22-11-12-24(25-23(22)16-30-27(25)35)33-26(34)19-5-3-13-29-15-19/h2-15H,16H2,1H3,(H,30,35)(H,33,34)(H2,31,32,36). The van der Waals surface area contributed by atoms with Crippen LogP contribution in [0.2, 0.25) is 0 Å². The molecule has 0 saturated heterocycles. The predicted octanol–water partition coefficient (Wildman–Crippen LogP) is 5.20. The van der Waals surface area contributed by atoms with E-state index in [1.807, 2.05) is 49.4 Å². The van der Waals surface area contributed by atoms with Crippen LogP contribution in [0.25, 0.3) is 11.1 Å². The number of anilines is 3. The fourth-order valence-corrected chi connectivity index (χ4v) is 4.16. The van der Waals surface area contributed by atoms with Crippen LogP contribution in [0, 0.1) is 6.92 Å². The second kappa shape index (κ2) is 9.71. The zero-order valence-electron chi connectivity index (χ0n) is 19.5. The van der Waals surface area contributed by atoms with E-state index < -0.39 is 0 Å². The summed E-state index contributed by atoms with van der Waals surface area (Å²) in [5, 5.41) is 11.3. The van der Waals surface area contributed by atoms with Gasteiger partial charge in [-0.3, -0.25) is 14.6 Å². The van der Waals surface area contributed by atoms with Gasteiger partial charge in [0.1, 0.15) is 0 Å². The number of aryl methyl sites for hydroxylation is 1. The molecule has 0 spiro atoms. The van der Waals surface area contributed by atoms with Gasteiger partial charge in [-0.05, 0) is 71.6 Å². The van der Waals surface area contributed by atoms with Crippen molar-refractivity contribution in [2.75, 3.05) is 16.0 Å². The lowest BCUT2D eigenvalue weighted by atomic mass is 9.95. The molecule has 4 amide bonds. The van der Waals surface area contributed by atoms with E-state index in [1.54, 1.807) is 36.5 Å². The van der Waals surface area contributed by atoms with E-state index in [2.05, 4.69) is 26.3 Å². The highest BCUT2D eigenvalue weighted by atomic mass is 16.2. The maximum atomic E-state index is 12.6. The lowest BCUT2D eigenvalue weighted by Crippen LogP contribution is -2.19. The monoisotopic (exact) mass is 477 g/mol. The number of hydrogen-bond acceptors (Lipinski definition) is 4. The van der Waals surface area contributed by atoms with Crippen molar-refractivity contribution in [3.63, 3.8) is 0 Å². The van der Waals surface area contributed by atoms with Crippen molar-refractivity contribution >= 4 is 34.9 Å². The average Bonchev–Trinajstić information content (AvgIpc) is 3.27. The van der Waals surface area contributed by atoms with Gasteiger partial charge in [-0.15, -0.1) is 0 Å². The van der Waals surface area contributed by atoms with E-state index >= 15 is 0 Å². The molecule has 0 fully saturated rings. The molecule has 8 heteroatoms. The van der Waals surface area contributed by atoms with Gasteiger partial charge in [0.15, 0.2) is 0 Å². The quantitative estimate of drug-likeness (QED) is 0.317. The van der Waals surface area contributed by atoms with E-state index in [-0.39, 0.29) is 17.8 Å². The maximum absolute atomic E-state index is 12.6. The number of carbonyl (C=O) groups is 3. The van der Waals surface area contributed by atoms with Crippen molar-refractivity contribution in [3.05, 3.63) is 107 Å². The molecule has 0 saturated carbocycles. The first-order valence-electron chi connectivity index (χ1n) is 11.4. The number of nitrogens with one attached hydrogen (secondary N) is 4. The normalized spacial score (nSPS) is 11.9. The summed E-state index contributed by atoms with van der Waals surface area (Å²) in [5.74, 6) is -0.573. The van der Waals surface area contributed by atoms with Crippen LogP contribution in [0.15, 0.2) is 85.2 Å². The Hall–Kier alpha value is -4.98. The molecule has 36 heavy (non-hydrogen) atoms. The minimum Gasteiger partial charge on any atom is -0.348 e. The number of fused-ring (bicyclic) bond motifs is 1. The predicted molar refractivity (Wildman–Crippen MR) is 139 cm³/mol. The molecule has 0 unspecified atom stereocenters. The van der Waals surface area contributed by atoms with Gasteiger partial charge in [0.25, 0.3) is 11.8 Å². The molecule has 0 aliphatic carbocycles. The molecular weight excluding hydrogens is 454 g/mol. The Morgan fingerprint density at radius 3 is 2.44 bits per heavy atom. The Balaban J connectivity index is 1.34. The fraction of sp³-hybridized carbons (Fsp3) is 0.0714. The summed E-state index contributed by atoms with van der Waals surface area (Å²) in [5.41, 5.74) is 6.28. The lowest BCUT2D eigenvalue weighted by Gasteiger charge is -2.13. The van der Waals surface area contributed by atoms with Crippen LogP contribution in [-0.4, -0.2) is 22.8 Å². The van der Waals surface area contributed by atoms with Gasteiger partial charge in [0, 0.05) is 30.3 Å². The summed E-state index contributed by atoms with van der Waals surface area (Å²) in [7, 11) is 0. The van der Waals surface area contributed by atoms with Crippen LogP contribution < -0.4 is 21.3 Å². The van der Waals surface area contributed by atoms with E-state index in [1.165, 1.54) is 6.20 Å². The third-order valence-corrected chi connectivity index (χ3v) is 5.87. The van der Waals surface area contributed by atoms with Gasteiger partial charge in [0.2, 0.25) is 0 Å². The Labute approximate surface area is 207 Å². The number of benzene rings is 3. The average molecular weight is 478 g/mol. The summed E-state index contributed by atoms with van der Waals surface area (Å²) in [6.45, 7) is 2.32. The second-order valence-corrected chi connectivity index (χ2v) is 8.42. The van der Waals surface area contributed by atoms with Crippen LogP contribution in [0.5, 0.6) is 0 Å². The first kappa shape index (κ1) is 22.8. The first-order valence-corrected chi connectivity index (χ1v) is 11.4.